The van der Waals surface area contributed by atoms with E-state index in [0.717, 1.165) is 17.1 Å². The number of amides is 3. The number of benzene rings is 2. The van der Waals surface area contributed by atoms with Gasteiger partial charge in [0.05, 0.1) is 11.3 Å². The van der Waals surface area contributed by atoms with Crippen LogP contribution < -0.4 is 21.3 Å². The predicted molar refractivity (Wildman–Crippen MR) is 125 cm³/mol. The van der Waals surface area contributed by atoms with Crippen LogP contribution in [0.4, 0.5) is 5.69 Å². The second-order valence-corrected chi connectivity index (χ2v) is 7.64. The van der Waals surface area contributed by atoms with Crippen molar-refractivity contribution in [1.29, 1.82) is 0 Å². The summed E-state index contributed by atoms with van der Waals surface area (Å²) in [5.74, 6) is -1.50. The highest BCUT2D eigenvalue weighted by atomic mass is 16.2. The lowest BCUT2D eigenvalue weighted by Crippen LogP contribution is -2.59. The average molecular weight is 444 g/mol. The van der Waals surface area contributed by atoms with E-state index in [2.05, 4.69) is 21.3 Å². The molecule has 0 fully saturated rings. The Morgan fingerprint density at radius 3 is 2.12 bits per heavy atom. The largest absolute Gasteiger partial charge is 0.318 e. The minimum Gasteiger partial charge on any atom is -0.318 e. The Hall–Kier alpha value is -4.40. The van der Waals surface area contributed by atoms with Crippen molar-refractivity contribution in [2.45, 2.75) is 26.8 Å². The highest BCUT2D eigenvalue weighted by Gasteiger charge is 2.31. The van der Waals surface area contributed by atoms with Gasteiger partial charge in [0.15, 0.2) is 0 Å². The zero-order valence-electron chi connectivity index (χ0n) is 18.5. The third kappa shape index (κ3) is 4.33. The van der Waals surface area contributed by atoms with E-state index in [4.69, 9.17) is 0 Å². The lowest BCUT2D eigenvalue weighted by molar-refractivity contribution is -0.120. The first-order chi connectivity index (χ1) is 15.9. The molecule has 3 amide bonds. The summed E-state index contributed by atoms with van der Waals surface area (Å²) in [6.07, 6.45) is 0. The van der Waals surface area contributed by atoms with Crippen molar-refractivity contribution >= 4 is 29.2 Å². The number of nitrogens with one attached hydrogen (secondary N) is 3. The van der Waals surface area contributed by atoms with Crippen molar-refractivity contribution in [1.82, 2.24) is 20.8 Å². The fourth-order valence-corrected chi connectivity index (χ4v) is 3.71. The third-order valence-corrected chi connectivity index (χ3v) is 5.33. The molecule has 0 bridgehead atoms. The van der Waals surface area contributed by atoms with E-state index >= 15 is 0 Å². The molecule has 2 aromatic carbocycles. The molecule has 0 saturated heterocycles. The highest BCUT2D eigenvalue weighted by molar-refractivity contribution is 6.39. The van der Waals surface area contributed by atoms with Crippen molar-refractivity contribution in [3.8, 4) is 5.69 Å². The number of carbonyl (C=O) groups excluding carboxylic acids is 3. The van der Waals surface area contributed by atoms with Crippen LogP contribution in [0, 0.1) is 13.8 Å². The van der Waals surface area contributed by atoms with Gasteiger partial charge >= 0.3 is 5.91 Å². The van der Waals surface area contributed by atoms with Gasteiger partial charge in [0, 0.05) is 17.1 Å². The molecular weight excluding hydrogens is 420 g/mol. The van der Waals surface area contributed by atoms with Crippen molar-refractivity contribution in [3.63, 3.8) is 0 Å². The van der Waals surface area contributed by atoms with Gasteiger partial charge in [-0.1, -0.05) is 36.4 Å². The summed E-state index contributed by atoms with van der Waals surface area (Å²) >= 11 is 0. The molecule has 3 aromatic rings. The van der Waals surface area contributed by atoms with Crippen molar-refractivity contribution < 1.29 is 14.4 Å². The minimum atomic E-state index is -0.757. The van der Waals surface area contributed by atoms with Crippen LogP contribution in [0.15, 0.2) is 71.7 Å². The van der Waals surface area contributed by atoms with E-state index in [1.165, 1.54) is 5.01 Å². The average Bonchev–Trinajstić information content (AvgIpc) is 3.13. The smallest absolute Gasteiger partial charge is 0.306 e. The molecule has 1 atom stereocenters. The number of anilines is 1. The van der Waals surface area contributed by atoms with Crippen molar-refractivity contribution in [3.05, 3.63) is 83.7 Å². The maximum absolute atomic E-state index is 12.8. The SMILES string of the molecule is Cc1cc(C(=O)NNC(=O)C2=NC(C)C(=O)N(c3ccccc3)N2)c(C)n1-c1ccccc1. The van der Waals surface area contributed by atoms with E-state index in [9.17, 15) is 14.4 Å². The van der Waals surface area contributed by atoms with Gasteiger partial charge in [0.2, 0.25) is 5.84 Å². The Labute approximate surface area is 191 Å². The molecule has 9 nitrogen and oxygen atoms in total. The molecule has 2 heterocycles. The molecule has 0 spiro atoms. The standard InChI is InChI=1S/C24H24N6O3/c1-15-14-20(17(3)29(15)18-10-6-4-7-11-18)22(31)26-27-23(32)21-25-16(2)24(33)30(28-21)19-12-8-5-9-13-19/h4-14,16H,1-3H3,(H,25,28)(H,26,31)(H,27,32). The quantitative estimate of drug-likeness (QED) is 0.536. The fraction of sp³-hybridized carbons (Fsp3) is 0.167. The molecule has 4 rings (SSSR count). The van der Waals surface area contributed by atoms with Crippen LogP contribution in [-0.2, 0) is 9.59 Å². The summed E-state index contributed by atoms with van der Waals surface area (Å²) in [7, 11) is 0. The first-order valence-electron chi connectivity index (χ1n) is 10.5. The fourth-order valence-electron chi connectivity index (χ4n) is 3.71. The molecule has 0 aliphatic carbocycles. The van der Waals surface area contributed by atoms with Crippen LogP contribution in [0.25, 0.3) is 5.69 Å². The number of para-hydroxylation sites is 2. The van der Waals surface area contributed by atoms with E-state index < -0.39 is 17.9 Å². The number of carbonyl (C=O) groups is 3. The normalized spacial score (nSPS) is 15.5. The number of nitrogens with zero attached hydrogens (tertiary/aromatic N) is 3. The summed E-state index contributed by atoms with van der Waals surface area (Å²) in [4.78, 5) is 42.1. The maximum atomic E-state index is 12.8. The molecule has 3 N–H and O–H groups in total. The zero-order valence-corrected chi connectivity index (χ0v) is 18.5. The van der Waals surface area contributed by atoms with Crippen LogP contribution in [0.3, 0.4) is 0 Å². The molecule has 9 heteroatoms. The monoisotopic (exact) mass is 444 g/mol. The van der Waals surface area contributed by atoms with Gasteiger partial charge in [-0.25, -0.2) is 10.0 Å². The summed E-state index contributed by atoms with van der Waals surface area (Å²) in [5.41, 5.74) is 11.1. The topological polar surface area (TPSA) is 108 Å². The first-order valence-corrected chi connectivity index (χ1v) is 10.5. The summed E-state index contributed by atoms with van der Waals surface area (Å²) in [5, 5.41) is 1.27. The van der Waals surface area contributed by atoms with Crippen LogP contribution in [0.1, 0.15) is 28.7 Å². The first kappa shape index (κ1) is 21.8. The van der Waals surface area contributed by atoms with Crippen LogP contribution >= 0.6 is 0 Å². The number of hydrogen-bond donors (Lipinski definition) is 3. The Kier molecular flexibility index (Phi) is 5.95. The van der Waals surface area contributed by atoms with Crippen molar-refractivity contribution in [2.75, 3.05) is 5.01 Å². The lowest BCUT2D eigenvalue weighted by atomic mass is 10.2. The highest BCUT2D eigenvalue weighted by Crippen LogP contribution is 2.20. The van der Waals surface area contributed by atoms with E-state index in [-0.39, 0.29) is 11.7 Å². The zero-order chi connectivity index (χ0) is 23.5. The molecule has 0 saturated carbocycles. The molecule has 0 radical (unpaired) electrons. The lowest BCUT2D eigenvalue weighted by Gasteiger charge is -2.30. The van der Waals surface area contributed by atoms with Gasteiger partial charge in [0.1, 0.15) is 6.04 Å². The van der Waals surface area contributed by atoms with Gasteiger partial charge < -0.3 is 4.57 Å². The number of hydrogen-bond acceptors (Lipinski definition) is 5. The number of aryl methyl sites for hydroxylation is 1. The molecular formula is C24H24N6O3. The summed E-state index contributed by atoms with van der Waals surface area (Å²) in [6, 6.07) is 19.6. The second-order valence-electron chi connectivity index (χ2n) is 7.64. The third-order valence-electron chi connectivity index (χ3n) is 5.33. The molecule has 168 valence electrons. The predicted octanol–water partition coefficient (Wildman–Crippen LogP) is 2.19. The van der Waals surface area contributed by atoms with E-state index in [1.807, 2.05) is 54.8 Å². The number of aromatic nitrogens is 1. The summed E-state index contributed by atoms with van der Waals surface area (Å²) < 4.78 is 1.97. The van der Waals surface area contributed by atoms with Gasteiger partial charge in [-0.05, 0) is 51.1 Å². The van der Waals surface area contributed by atoms with Crippen LogP contribution in [0.2, 0.25) is 0 Å². The number of hydrazine groups is 2. The van der Waals surface area contributed by atoms with Gasteiger partial charge in [-0.2, -0.15) is 0 Å². The molecule has 1 unspecified atom stereocenters. The Morgan fingerprint density at radius 2 is 1.48 bits per heavy atom. The second kappa shape index (κ2) is 8.99. The van der Waals surface area contributed by atoms with Crippen molar-refractivity contribution in [2.24, 2.45) is 4.99 Å². The number of aliphatic imine (C=N–C) groups is 1. The molecule has 1 aliphatic rings. The van der Waals surface area contributed by atoms with Gasteiger partial charge in [-0.3, -0.25) is 30.7 Å². The maximum Gasteiger partial charge on any atom is 0.306 e. The Morgan fingerprint density at radius 1 is 0.909 bits per heavy atom. The van der Waals surface area contributed by atoms with E-state index in [0.29, 0.717) is 11.3 Å². The molecule has 1 aromatic heterocycles. The number of rotatable bonds is 4. The minimum absolute atomic E-state index is 0.0824. The van der Waals surface area contributed by atoms with E-state index in [1.54, 1.807) is 37.3 Å². The summed E-state index contributed by atoms with van der Waals surface area (Å²) in [6.45, 7) is 5.35. The Balaban J connectivity index is 1.46. The Bertz CT molecular complexity index is 1230. The number of amidine groups is 1. The van der Waals surface area contributed by atoms with Gasteiger partial charge in [0.25, 0.3) is 11.8 Å². The van der Waals surface area contributed by atoms with Crippen LogP contribution in [-0.4, -0.2) is 34.2 Å². The van der Waals surface area contributed by atoms with Gasteiger partial charge in [-0.15, -0.1) is 0 Å². The van der Waals surface area contributed by atoms with Crippen LogP contribution in [0.5, 0.6) is 0 Å². The molecule has 1 aliphatic heterocycles. The molecule has 33 heavy (non-hydrogen) atoms.